The highest BCUT2D eigenvalue weighted by Gasteiger charge is 2.24. The predicted octanol–water partition coefficient (Wildman–Crippen LogP) is 3.64. The van der Waals surface area contributed by atoms with Gasteiger partial charge < -0.3 is 0 Å². The minimum atomic E-state index is 0.0878. The molecule has 0 atom stereocenters. The van der Waals surface area contributed by atoms with Crippen LogP contribution in [0.1, 0.15) is 51.4 Å². The Labute approximate surface area is 123 Å². The van der Waals surface area contributed by atoms with Gasteiger partial charge in [0.05, 0.1) is 0 Å². The monoisotopic (exact) mass is 304 g/mol. The average Bonchev–Trinajstić information content (AvgIpc) is 2.51. The number of hydroxylamine groups is 2. The summed E-state index contributed by atoms with van der Waals surface area (Å²) in [5, 5.41) is 1.44. The number of amidine groups is 2. The van der Waals surface area contributed by atoms with E-state index in [1.807, 2.05) is 0 Å². The molecule has 1 heterocycles. The number of hydrogen-bond acceptors (Lipinski definition) is 5. The lowest BCUT2D eigenvalue weighted by Crippen LogP contribution is -2.33. The van der Waals surface area contributed by atoms with Crippen molar-refractivity contribution in [2.75, 3.05) is 0 Å². The fraction of sp³-hybridized carbons (Fsp3) is 0.667. The minimum absolute atomic E-state index is 0.0878. The van der Waals surface area contributed by atoms with Gasteiger partial charge in [-0.25, -0.2) is 0 Å². The standard InChI is InChI=1S/C12H18Cl2N4O/c13-11-16-10(18(19-15)12(14)17-11)9-7-5-3-1-2-4-6-8-9/h1-8,15H2. The van der Waals surface area contributed by atoms with E-state index in [-0.39, 0.29) is 10.6 Å². The number of rotatable bonds is 1. The van der Waals surface area contributed by atoms with E-state index >= 15 is 0 Å². The molecule has 0 saturated heterocycles. The maximum absolute atomic E-state index is 5.97. The van der Waals surface area contributed by atoms with Crippen LogP contribution in [-0.4, -0.2) is 15.7 Å². The maximum Gasteiger partial charge on any atom is 0.233 e. The van der Waals surface area contributed by atoms with Crippen molar-refractivity contribution in [3.05, 3.63) is 11.4 Å². The van der Waals surface area contributed by atoms with E-state index in [0.717, 1.165) is 25.7 Å². The molecule has 1 saturated carbocycles. The van der Waals surface area contributed by atoms with Crippen molar-refractivity contribution in [2.24, 2.45) is 15.9 Å². The van der Waals surface area contributed by atoms with Crippen molar-refractivity contribution < 1.29 is 4.94 Å². The molecule has 0 radical (unpaired) electrons. The van der Waals surface area contributed by atoms with Gasteiger partial charge in [0, 0.05) is 0 Å². The van der Waals surface area contributed by atoms with Crippen LogP contribution in [0.25, 0.3) is 0 Å². The molecule has 2 rings (SSSR count). The quantitative estimate of drug-likeness (QED) is 0.594. The normalized spacial score (nSPS) is 22.4. The number of nitrogens with zero attached hydrogens (tertiary/aromatic N) is 3. The molecule has 1 aliphatic carbocycles. The Morgan fingerprint density at radius 2 is 1.53 bits per heavy atom. The lowest BCUT2D eigenvalue weighted by Gasteiger charge is -2.24. The number of allylic oxidation sites excluding steroid dienone is 1. The van der Waals surface area contributed by atoms with Crippen LogP contribution in [0, 0.1) is 0 Å². The number of hydrogen-bond donors (Lipinski definition) is 1. The third kappa shape index (κ3) is 3.92. The second-order valence-corrected chi connectivity index (χ2v) is 5.39. The summed E-state index contributed by atoms with van der Waals surface area (Å²) in [5.41, 5.74) is 1.18. The summed E-state index contributed by atoms with van der Waals surface area (Å²) in [7, 11) is 0. The average molecular weight is 305 g/mol. The van der Waals surface area contributed by atoms with Gasteiger partial charge >= 0.3 is 0 Å². The van der Waals surface area contributed by atoms with Crippen LogP contribution in [-0.2, 0) is 4.94 Å². The zero-order valence-electron chi connectivity index (χ0n) is 10.7. The largest absolute Gasteiger partial charge is 0.233 e. The van der Waals surface area contributed by atoms with Gasteiger partial charge in [0.15, 0.2) is 5.82 Å². The summed E-state index contributed by atoms with van der Waals surface area (Å²) in [5.74, 6) is 5.84. The maximum atomic E-state index is 5.97. The first-order valence-corrected chi connectivity index (χ1v) is 7.35. The third-order valence-corrected chi connectivity index (χ3v) is 3.78. The first kappa shape index (κ1) is 14.8. The van der Waals surface area contributed by atoms with Gasteiger partial charge in [-0.05, 0) is 54.5 Å². The van der Waals surface area contributed by atoms with Gasteiger partial charge in [-0.3, -0.25) is 0 Å². The van der Waals surface area contributed by atoms with Crippen molar-refractivity contribution in [2.45, 2.75) is 51.4 Å². The number of aliphatic imine (C=N–C) groups is 2. The van der Waals surface area contributed by atoms with Gasteiger partial charge in [0.2, 0.25) is 10.6 Å². The third-order valence-electron chi connectivity index (χ3n) is 3.37. The van der Waals surface area contributed by atoms with Crippen molar-refractivity contribution in [1.29, 1.82) is 0 Å². The molecule has 0 bridgehead atoms. The van der Waals surface area contributed by atoms with Crippen LogP contribution >= 0.6 is 23.2 Å². The lowest BCUT2D eigenvalue weighted by atomic mass is 10.0. The number of halogens is 2. The summed E-state index contributed by atoms with van der Waals surface area (Å²) < 4.78 is 0. The zero-order valence-corrected chi connectivity index (χ0v) is 12.3. The van der Waals surface area contributed by atoms with Gasteiger partial charge in [0.1, 0.15) is 0 Å². The van der Waals surface area contributed by atoms with E-state index < -0.39 is 0 Å². The molecule has 2 N–H and O–H groups in total. The van der Waals surface area contributed by atoms with E-state index in [4.69, 9.17) is 34.0 Å². The van der Waals surface area contributed by atoms with E-state index in [2.05, 4.69) is 9.98 Å². The van der Waals surface area contributed by atoms with Gasteiger partial charge in [-0.1, -0.05) is 25.7 Å². The van der Waals surface area contributed by atoms with Crippen molar-refractivity contribution in [1.82, 2.24) is 5.06 Å². The first-order chi connectivity index (χ1) is 9.22. The Bertz CT molecular complexity index is 408. The lowest BCUT2D eigenvalue weighted by molar-refractivity contribution is -0.0752. The molecule has 7 heteroatoms. The molecule has 0 amide bonds. The van der Waals surface area contributed by atoms with Crippen LogP contribution in [0.4, 0.5) is 0 Å². The predicted molar refractivity (Wildman–Crippen MR) is 77.6 cm³/mol. The summed E-state index contributed by atoms with van der Waals surface area (Å²) in [6.45, 7) is 0. The molecular formula is C12H18Cl2N4O. The van der Waals surface area contributed by atoms with Crippen LogP contribution in [0.2, 0.25) is 0 Å². The Kier molecular flexibility index (Phi) is 5.63. The van der Waals surface area contributed by atoms with Crippen molar-refractivity contribution in [3.8, 4) is 0 Å². The first-order valence-electron chi connectivity index (χ1n) is 6.59. The summed E-state index contributed by atoms with van der Waals surface area (Å²) in [6.07, 6.45) is 9.27. The van der Waals surface area contributed by atoms with Gasteiger partial charge in [-0.2, -0.15) is 25.9 Å². The Morgan fingerprint density at radius 1 is 0.947 bits per heavy atom. The Hall–Kier alpha value is -0.620. The topological polar surface area (TPSA) is 63.2 Å². The molecule has 0 unspecified atom stereocenters. The number of nitrogens with two attached hydrogens (primary N) is 1. The summed E-state index contributed by atoms with van der Waals surface area (Å²) >= 11 is 11.8. The van der Waals surface area contributed by atoms with Crippen LogP contribution in [0.3, 0.4) is 0 Å². The molecule has 0 aromatic heterocycles. The molecule has 1 fully saturated rings. The van der Waals surface area contributed by atoms with Crippen molar-refractivity contribution >= 4 is 33.8 Å². The molecule has 2 aliphatic rings. The van der Waals surface area contributed by atoms with Crippen LogP contribution in [0.5, 0.6) is 0 Å². The summed E-state index contributed by atoms with van der Waals surface area (Å²) in [6, 6.07) is 0. The van der Waals surface area contributed by atoms with Gasteiger partial charge in [0.25, 0.3) is 0 Å². The molecule has 1 aliphatic heterocycles. The van der Waals surface area contributed by atoms with E-state index in [1.165, 1.54) is 36.3 Å². The highest BCUT2D eigenvalue weighted by molar-refractivity contribution is 6.71. The fourth-order valence-corrected chi connectivity index (χ4v) is 2.82. The Morgan fingerprint density at radius 3 is 2.11 bits per heavy atom. The smallest absolute Gasteiger partial charge is 0.198 e. The van der Waals surface area contributed by atoms with Crippen LogP contribution in [0.15, 0.2) is 21.4 Å². The molecule has 0 aromatic rings. The van der Waals surface area contributed by atoms with Gasteiger partial charge in [-0.15, -0.1) is 0 Å². The fourth-order valence-electron chi connectivity index (χ4n) is 2.42. The van der Waals surface area contributed by atoms with E-state index in [9.17, 15) is 0 Å². The minimum Gasteiger partial charge on any atom is -0.198 e. The Balaban J connectivity index is 2.27. The highest BCUT2D eigenvalue weighted by Crippen LogP contribution is 2.28. The molecule has 0 spiro atoms. The highest BCUT2D eigenvalue weighted by atomic mass is 35.5. The molecule has 106 valence electrons. The zero-order chi connectivity index (χ0) is 13.7. The van der Waals surface area contributed by atoms with Crippen molar-refractivity contribution in [3.63, 3.8) is 0 Å². The second-order valence-electron chi connectivity index (χ2n) is 4.71. The van der Waals surface area contributed by atoms with E-state index in [0.29, 0.717) is 5.82 Å². The SMILES string of the molecule is NON1C(Cl)=NC(Cl)=NC1=C1CCCCCCCC1. The second kappa shape index (κ2) is 7.24. The molecule has 19 heavy (non-hydrogen) atoms. The molecule has 5 nitrogen and oxygen atoms in total. The molecular weight excluding hydrogens is 287 g/mol. The molecule has 0 aromatic carbocycles. The van der Waals surface area contributed by atoms with E-state index in [1.54, 1.807) is 0 Å². The summed E-state index contributed by atoms with van der Waals surface area (Å²) in [4.78, 5) is 12.8. The van der Waals surface area contributed by atoms with Crippen LogP contribution < -0.4 is 5.90 Å².